The normalized spacial score (nSPS) is 15.0. The Morgan fingerprint density at radius 1 is 1.44 bits per heavy atom. The second-order valence-corrected chi connectivity index (χ2v) is 5.39. The van der Waals surface area contributed by atoms with Crippen LogP contribution in [0.3, 0.4) is 0 Å². The molecule has 7 heteroatoms. The zero-order chi connectivity index (χ0) is 12.7. The van der Waals surface area contributed by atoms with Gasteiger partial charge in [-0.3, -0.25) is 0 Å². The van der Waals surface area contributed by atoms with E-state index in [4.69, 9.17) is 5.73 Å². The van der Waals surface area contributed by atoms with Gasteiger partial charge in [0.05, 0.1) is 6.04 Å². The summed E-state index contributed by atoms with van der Waals surface area (Å²) in [5.41, 5.74) is 6.79. The molecule has 1 aromatic heterocycles. The number of halogens is 1. The highest BCUT2D eigenvalue weighted by molar-refractivity contribution is 7.99. The van der Waals surface area contributed by atoms with Crippen molar-refractivity contribution in [1.82, 2.24) is 20.2 Å². The summed E-state index contributed by atoms with van der Waals surface area (Å²) in [6.07, 6.45) is 2.22. The van der Waals surface area contributed by atoms with Crippen LogP contribution in [0.4, 0.5) is 10.1 Å². The number of nitrogens with zero attached hydrogens (tertiary/aromatic N) is 4. The lowest BCUT2D eigenvalue weighted by Crippen LogP contribution is -1.99. The fraction of sp³-hybridized carbons (Fsp3) is 0.364. The van der Waals surface area contributed by atoms with Gasteiger partial charge in [0.1, 0.15) is 5.82 Å². The first-order chi connectivity index (χ1) is 8.65. The lowest BCUT2D eigenvalue weighted by molar-refractivity contribution is 0.565. The zero-order valence-corrected chi connectivity index (χ0v) is 10.6. The minimum atomic E-state index is -0.293. The molecule has 1 aromatic carbocycles. The van der Waals surface area contributed by atoms with E-state index in [1.165, 1.54) is 17.8 Å². The maximum atomic E-state index is 13.3. The summed E-state index contributed by atoms with van der Waals surface area (Å²) in [5, 5.41) is 12.3. The average Bonchev–Trinajstić information content (AvgIpc) is 3.07. The second-order valence-electron chi connectivity index (χ2n) is 4.38. The van der Waals surface area contributed by atoms with Crippen LogP contribution in [-0.4, -0.2) is 20.2 Å². The first-order valence-electron chi connectivity index (χ1n) is 5.66. The van der Waals surface area contributed by atoms with Crippen molar-refractivity contribution in [2.24, 2.45) is 0 Å². The maximum Gasteiger partial charge on any atom is 0.214 e. The van der Waals surface area contributed by atoms with Crippen molar-refractivity contribution in [3.63, 3.8) is 0 Å². The predicted molar refractivity (Wildman–Crippen MR) is 65.8 cm³/mol. The number of nitrogens with two attached hydrogens (primary N) is 1. The van der Waals surface area contributed by atoms with E-state index >= 15 is 0 Å². The van der Waals surface area contributed by atoms with Gasteiger partial charge in [-0.25, -0.2) is 9.07 Å². The van der Waals surface area contributed by atoms with Crippen LogP contribution in [0.25, 0.3) is 0 Å². The van der Waals surface area contributed by atoms with Crippen molar-refractivity contribution in [2.75, 3.05) is 5.73 Å². The molecule has 5 nitrogen and oxygen atoms in total. The summed E-state index contributed by atoms with van der Waals surface area (Å²) >= 11 is 1.37. The fourth-order valence-electron chi connectivity index (χ4n) is 1.66. The molecule has 0 bridgehead atoms. The van der Waals surface area contributed by atoms with E-state index < -0.39 is 0 Å². The van der Waals surface area contributed by atoms with Gasteiger partial charge in [-0.15, -0.1) is 5.10 Å². The predicted octanol–water partition coefficient (Wildman–Crippen LogP) is 2.19. The molecule has 1 fully saturated rings. The first-order valence-corrected chi connectivity index (χ1v) is 6.48. The van der Waals surface area contributed by atoms with E-state index in [0.29, 0.717) is 22.4 Å². The molecule has 18 heavy (non-hydrogen) atoms. The molecule has 0 atom stereocenters. The topological polar surface area (TPSA) is 69.6 Å². The highest BCUT2D eigenvalue weighted by Gasteiger charge is 2.28. The van der Waals surface area contributed by atoms with E-state index in [1.807, 2.05) is 4.68 Å². The number of aryl methyl sites for hydroxylation is 1. The second kappa shape index (κ2) is 4.24. The average molecular weight is 265 g/mol. The number of tetrazole rings is 1. The van der Waals surface area contributed by atoms with Gasteiger partial charge in [0.15, 0.2) is 0 Å². The molecule has 1 heterocycles. The van der Waals surface area contributed by atoms with Crippen molar-refractivity contribution in [1.29, 1.82) is 0 Å². The van der Waals surface area contributed by atoms with Crippen LogP contribution in [0.1, 0.15) is 24.4 Å². The number of anilines is 1. The van der Waals surface area contributed by atoms with Crippen molar-refractivity contribution in [2.45, 2.75) is 35.9 Å². The molecular weight excluding hydrogens is 253 g/mol. The number of aromatic nitrogens is 4. The highest BCUT2D eigenvalue weighted by Crippen LogP contribution is 2.39. The summed E-state index contributed by atoms with van der Waals surface area (Å²) in [6, 6.07) is 3.47. The van der Waals surface area contributed by atoms with Crippen LogP contribution in [-0.2, 0) is 0 Å². The molecule has 2 N–H and O–H groups in total. The van der Waals surface area contributed by atoms with Gasteiger partial charge in [0.25, 0.3) is 0 Å². The summed E-state index contributed by atoms with van der Waals surface area (Å²) < 4.78 is 15.1. The molecule has 0 radical (unpaired) electrons. The Morgan fingerprint density at radius 2 is 2.22 bits per heavy atom. The fourth-order valence-corrected chi connectivity index (χ4v) is 2.62. The van der Waals surface area contributed by atoms with Gasteiger partial charge in [-0.05, 0) is 59.7 Å². The van der Waals surface area contributed by atoms with E-state index in [0.717, 1.165) is 17.7 Å². The quantitative estimate of drug-likeness (QED) is 0.861. The molecule has 3 rings (SSSR count). The van der Waals surface area contributed by atoms with Crippen LogP contribution in [0, 0.1) is 12.7 Å². The smallest absolute Gasteiger partial charge is 0.214 e. The summed E-state index contributed by atoms with van der Waals surface area (Å²) in [6.45, 7) is 1.71. The molecule has 0 saturated heterocycles. The molecular formula is C11H12FN5S. The van der Waals surface area contributed by atoms with E-state index in [1.54, 1.807) is 13.0 Å². The van der Waals surface area contributed by atoms with Crippen LogP contribution in [0.2, 0.25) is 0 Å². The summed E-state index contributed by atoms with van der Waals surface area (Å²) in [5.74, 6) is -0.293. The van der Waals surface area contributed by atoms with Gasteiger partial charge in [0, 0.05) is 10.6 Å². The zero-order valence-electron chi connectivity index (χ0n) is 9.80. The lowest BCUT2D eigenvalue weighted by Gasteiger charge is -2.07. The number of nitrogen functional groups attached to an aromatic ring is 1. The highest BCUT2D eigenvalue weighted by atomic mass is 32.2. The molecule has 94 valence electrons. The van der Waals surface area contributed by atoms with Crippen LogP contribution in [0.5, 0.6) is 0 Å². The number of hydrogen-bond donors (Lipinski definition) is 1. The van der Waals surface area contributed by atoms with Crippen molar-refractivity contribution in [3.8, 4) is 0 Å². The Kier molecular flexibility index (Phi) is 2.70. The third kappa shape index (κ3) is 2.05. The largest absolute Gasteiger partial charge is 0.398 e. The Balaban J connectivity index is 1.92. The summed E-state index contributed by atoms with van der Waals surface area (Å²) in [7, 11) is 0. The van der Waals surface area contributed by atoms with Gasteiger partial charge in [-0.2, -0.15) is 0 Å². The van der Waals surface area contributed by atoms with Crippen molar-refractivity contribution < 1.29 is 4.39 Å². The molecule has 1 saturated carbocycles. The Labute approximate surface area is 108 Å². The SMILES string of the molecule is Cc1cc(Sc2nnnn2C2CC2)c(N)cc1F. The minimum Gasteiger partial charge on any atom is -0.398 e. The van der Waals surface area contributed by atoms with Crippen LogP contribution < -0.4 is 5.73 Å². The minimum absolute atomic E-state index is 0.293. The molecule has 0 amide bonds. The van der Waals surface area contributed by atoms with E-state index in [2.05, 4.69) is 15.5 Å². The van der Waals surface area contributed by atoms with Crippen LogP contribution in [0.15, 0.2) is 22.2 Å². The Bertz CT molecular complexity index is 593. The maximum absolute atomic E-state index is 13.3. The Morgan fingerprint density at radius 3 is 2.94 bits per heavy atom. The Hall–Kier alpha value is -1.63. The molecule has 0 unspecified atom stereocenters. The van der Waals surface area contributed by atoms with Crippen LogP contribution >= 0.6 is 11.8 Å². The molecule has 1 aliphatic carbocycles. The molecule has 0 spiro atoms. The molecule has 0 aliphatic heterocycles. The number of benzene rings is 1. The third-order valence-corrected chi connectivity index (χ3v) is 3.87. The molecule has 1 aliphatic rings. The van der Waals surface area contributed by atoms with E-state index in [-0.39, 0.29) is 5.82 Å². The summed E-state index contributed by atoms with van der Waals surface area (Å²) in [4.78, 5) is 0.783. The third-order valence-electron chi connectivity index (χ3n) is 2.85. The van der Waals surface area contributed by atoms with Crippen molar-refractivity contribution >= 4 is 17.4 Å². The molecule has 2 aromatic rings. The first kappa shape index (κ1) is 11.5. The van der Waals surface area contributed by atoms with Gasteiger partial charge < -0.3 is 5.73 Å². The monoisotopic (exact) mass is 265 g/mol. The van der Waals surface area contributed by atoms with Gasteiger partial charge in [0.2, 0.25) is 5.16 Å². The lowest BCUT2D eigenvalue weighted by atomic mass is 10.2. The van der Waals surface area contributed by atoms with Crippen molar-refractivity contribution in [3.05, 3.63) is 23.5 Å². The van der Waals surface area contributed by atoms with Gasteiger partial charge in [-0.1, -0.05) is 0 Å². The van der Waals surface area contributed by atoms with Gasteiger partial charge >= 0.3 is 0 Å². The number of hydrogen-bond acceptors (Lipinski definition) is 5. The number of rotatable bonds is 3. The standard InChI is InChI=1S/C11H12FN5S/c1-6-4-10(9(13)5-8(6)12)18-11-14-15-16-17(11)7-2-3-7/h4-5,7H,2-3,13H2,1H3. The van der Waals surface area contributed by atoms with E-state index in [9.17, 15) is 4.39 Å².